The van der Waals surface area contributed by atoms with E-state index in [1.165, 1.54) is 11.8 Å². The van der Waals surface area contributed by atoms with Crippen molar-refractivity contribution in [1.82, 2.24) is 15.0 Å². The van der Waals surface area contributed by atoms with Crippen molar-refractivity contribution in [3.63, 3.8) is 0 Å². The third-order valence-corrected chi connectivity index (χ3v) is 3.20. The fourth-order valence-corrected chi connectivity index (χ4v) is 2.32. The van der Waals surface area contributed by atoms with E-state index in [1.807, 2.05) is 0 Å². The zero-order valence-corrected chi connectivity index (χ0v) is 10.8. The fraction of sp³-hybridized carbons (Fsp3) is 0.500. The number of nitrogens with one attached hydrogen (secondary N) is 1. The largest absolute Gasteiger partial charge is 0.389 e. The molecule has 18 heavy (non-hydrogen) atoms. The summed E-state index contributed by atoms with van der Waals surface area (Å²) >= 11 is 1.22. The van der Waals surface area contributed by atoms with Gasteiger partial charge in [-0.3, -0.25) is 9.63 Å². The first kappa shape index (κ1) is 13.1. The van der Waals surface area contributed by atoms with E-state index in [9.17, 15) is 14.7 Å². The topological polar surface area (TPSA) is 95.5 Å². The van der Waals surface area contributed by atoms with E-state index in [0.717, 1.165) is 5.06 Å². The Bertz CT molecular complexity index is 530. The number of rotatable bonds is 2. The molecular weight excluding hydrogens is 258 g/mol. The zero-order valence-electron chi connectivity index (χ0n) is 9.97. The highest BCUT2D eigenvalue weighted by Crippen LogP contribution is 2.21. The molecule has 1 aromatic heterocycles. The van der Waals surface area contributed by atoms with Crippen molar-refractivity contribution in [2.24, 2.45) is 0 Å². The summed E-state index contributed by atoms with van der Waals surface area (Å²) in [7, 11) is 0. The summed E-state index contributed by atoms with van der Waals surface area (Å²) < 4.78 is 0. The molecule has 0 bridgehead atoms. The van der Waals surface area contributed by atoms with Gasteiger partial charge in [-0.15, -0.1) is 11.8 Å². The maximum atomic E-state index is 12.2. The van der Waals surface area contributed by atoms with E-state index in [-0.39, 0.29) is 13.2 Å². The molecule has 0 saturated carbocycles. The molecule has 2 heterocycles. The van der Waals surface area contributed by atoms with Gasteiger partial charge in [-0.05, 0) is 13.2 Å². The molecule has 2 rings (SSSR count). The predicted molar refractivity (Wildman–Crippen MR) is 64.4 cm³/mol. The van der Waals surface area contributed by atoms with Crippen LogP contribution in [0.25, 0.3) is 0 Å². The Labute approximate surface area is 107 Å². The van der Waals surface area contributed by atoms with Crippen molar-refractivity contribution in [2.45, 2.75) is 18.1 Å². The molecule has 1 amide bonds. The van der Waals surface area contributed by atoms with Gasteiger partial charge in [0.1, 0.15) is 17.7 Å². The van der Waals surface area contributed by atoms with E-state index in [4.69, 9.17) is 4.84 Å². The number of thioether (sulfide) groups is 1. The number of carbonyl (C=O) groups is 1. The summed E-state index contributed by atoms with van der Waals surface area (Å²) in [5.74, 6) is -0.405. The first-order valence-corrected chi connectivity index (χ1v) is 6.53. The molecule has 0 unspecified atom stereocenters. The molecule has 7 nitrogen and oxygen atoms in total. The summed E-state index contributed by atoms with van der Waals surface area (Å²) in [6, 6.07) is 0. The van der Waals surface area contributed by atoms with Crippen LogP contribution in [0.4, 0.5) is 0 Å². The smallest absolute Gasteiger partial charge is 0.346 e. The Kier molecular flexibility index (Phi) is 3.69. The number of H-pyrrole nitrogens is 1. The molecule has 1 aliphatic rings. The number of β-amino-alcohol motifs (C(OH)–C–C–N with tert-alkyl or cyclic N) is 1. The van der Waals surface area contributed by atoms with Crippen LogP contribution < -0.4 is 5.69 Å². The fourth-order valence-electron chi connectivity index (χ4n) is 1.70. The number of carbonyl (C=O) groups excluding carboxylic acids is 1. The van der Waals surface area contributed by atoms with E-state index in [2.05, 4.69) is 9.97 Å². The number of aliphatic hydroxyl groups excluding tert-OH is 1. The van der Waals surface area contributed by atoms with E-state index in [1.54, 1.807) is 13.2 Å². The monoisotopic (exact) mass is 271 g/mol. The van der Waals surface area contributed by atoms with Gasteiger partial charge < -0.3 is 10.1 Å². The van der Waals surface area contributed by atoms with Gasteiger partial charge in [0.05, 0.1) is 12.1 Å². The molecule has 1 aliphatic heterocycles. The summed E-state index contributed by atoms with van der Waals surface area (Å²) in [5, 5.41) is 10.8. The number of aromatic amines is 1. The average Bonchev–Trinajstić information content (AvgIpc) is 2.74. The predicted octanol–water partition coefficient (Wildman–Crippen LogP) is -0.451. The van der Waals surface area contributed by atoms with E-state index in [0.29, 0.717) is 16.3 Å². The lowest BCUT2D eigenvalue weighted by Gasteiger charge is -2.16. The summed E-state index contributed by atoms with van der Waals surface area (Å²) in [6.45, 7) is 1.84. The lowest BCUT2D eigenvalue weighted by atomic mass is 10.2. The highest BCUT2D eigenvalue weighted by atomic mass is 32.2. The normalized spacial score (nSPS) is 19.3. The lowest BCUT2D eigenvalue weighted by molar-refractivity contribution is -0.0783. The van der Waals surface area contributed by atoms with Crippen molar-refractivity contribution in [3.05, 3.63) is 21.7 Å². The minimum absolute atomic E-state index is 0.0934. The zero-order chi connectivity index (χ0) is 13.3. The second-order valence-electron chi connectivity index (χ2n) is 3.87. The SMILES string of the molecule is CSc1nc(=O)[nH]c(C)c1C(=O)N1C[C@@H](O)CO1. The van der Waals surface area contributed by atoms with E-state index < -0.39 is 17.7 Å². The molecule has 0 aromatic carbocycles. The molecular formula is C10H13N3O4S. The number of hydrogen-bond donors (Lipinski definition) is 2. The molecule has 1 fully saturated rings. The number of aliphatic hydroxyl groups is 1. The van der Waals surface area contributed by atoms with Gasteiger partial charge in [-0.2, -0.15) is 4.98 Å². The molecule has 8 heteroatoms. The second-order valence-corrected chi connectivity index (χ2v) is 4.66. The van der Waals surface area contributed by atoms with Gasteiger partial charge in [0.25, 0.3) is 5.91 Å². The van der Waals surface area contributed by atoms with Crippen LogP contribution in [0.1, 0.15) is 16.1 Å². The molecule has 0 radical (unpaired) electrons. The number of aryl methyl sites for hydroxylation is 1. The Morgan fingerprint density at radius 2 is 2.39 bits per heavy atom. The molecule has 0 spiro atoms. The molecule has 0 aliphatic carbocycles. The third-order valence-electron chi connectivity index (χ3n) is 2.52. The number of aromatic nitrogens is 2. The number of nitrogens with zero attached hydrogens (tertiary/aromatic N) is 2. The summed E-state index contributed by atoms with van der Waals surface area (Å²) in [5.41, 5.74) is 0.251. The van der Waals surface area contributed by atoms with Crippen LogP contribution in [-0.4, -0.2) is 51.6 Å². The van der Waals surface area contributed by atoms with Gasteiger partial charge >= 0.3 is 5.69 Å². The van der Waals surface area contributed by atoms with Crippen LogP contribution in [-0.2, 0) is 4.84 Å². The second kappa shape index (κ2) is 5.09. The Hall–Kier alpha value is -1.38. The van der Waals surface area contributed by atoms with Gasteiger partial charge in [0.2, 0.25) is 0 Å². The maximum Gasteiger partial charge on any atom is 0.346 e. The van der Waals surface area contributed by atoms with Gasteiger partial charge in [-0.1, -0.05) is 0 Å². The van der Waals surface area contributed by atoms with Crippen molar-refractivity contribution < 1.29 is 14.7 Å². The molecule has 2 N–H and O–H groups in total. The quantitative estimate of drug-likeness (QED) is 0.558. The van der Waals surface area contributed by atoms with E-state index >= 15 is 0 Å². The van der Waals surface area contributed by atoms with Crippen LogP contribution in [0, 0.1) is 6.92 Å². The number of amides is 1. The third kappa shape index (κ3) is 2.40. The van der Waals surface area contributed by atoms with Crippen LogP contribution in [0.2, 0.25) is 0 Å². The number of hydroxylamine groups is 2. The standard InChI is InChI=1S/C10H13N3O4S/c1-5-7(8(18-2)12-10(16)11-5)9(15)13-3-6(14)4-17-13/h6,14H,3-4H2,1-2H3,(H,11,12,16)/t6-/m1/s1. The van der Waals surface area contributed by atoms with Crippen molar-refractivity contribution in [1.29, 1.82) is 0 Å². The van der Waals surface area contributed by atoms with Crippen molar-refractivity contribution in [2.75, 3.05) is 19.4 Å². The van der Waals surface area contributed by atoms with Crippen LogP contribution in [0.3, 0.4) is 0 Å². The van der Waals surface area contributed by atoms with Crippen LogP contribution >= 0.6 is 11.8 Å². The Morgan fingerprint density at radius 3 is 2.94 bits per heavy atom. The molecule has 98 valence electrons. The van der Waals surface area contributed by atoms with Crippen LogP contribution in [0.5, 0.6) is 0 Å². The Balaban J connectivity index is 2.38. The molecule has 1 saturated heterocycles. The van der Waals surface area contributed by atoms with Gasteiger partial charge in [0, 0.05) is 5.69 Å². The molecule has 1 aromatic rings. The maximum absolute atomic E-state index is 12.2. The first-order chi connectivity index (χ1) is 8.52. The molecule has 1 atom stereocenters. The average molecular weight is 271 g/mol. The number of hydrogen-bond acceptors (Lipinski definition) is 6. The highest BCUT2D eigenvalue weighted by Gasteiger charge is 2.30. The minimum Gasteiger partial charge on any atom is -0.389 e. The Morgan fingerprint density at radius 1 is 1.67 bits per heavy atom. The highest BCUT2D eigenvalue weighted by molar-refractivity contribution is 7.98. The van der Waals surface area contributed by atoms with Crippen molar-refractivity contribution >= 4 is 17.7 Å². The first-order valence-electron chi connectivity index (χ1n) is 5.30. The van der Waals surface area contributed by atoms with Gasteiger partial charge in [-0.25, -0.2) is 9.86 Å². The van der Waals surface area contributed by atoms with Crippen molar-refractivity contribution in [3.8, 4) is 0 Å². The minimum atomic E-state index is -0.678. The van der Waals surface area contributed by atoms with Gasteiger partial charge in [0.15, 0.2) is 0 Å². The van der Waals surface area contributed by atoms with Crippen LogP contribution in [0.15, 0.2) is 9.82 Å². The lowest BCUT2D eigenvalue weighted by Crippen LogP contribution is -2.31. The summed E-state index contributed by atoms with van der Waals surface area (Å²) in [4.78, 5) is 34.8. The summed E-state index contributed by atoms with van der Waals surface area (Å²) in [6.07, 6.45) is 1.06.